The Hall–Kier alpha value is -1.20. The van der Waals surface area contributed by atoms with Gasteiger partial charge in [-0.15, -0.1) is 0 Å². The molecule has 16 heavy (non-hydrogen) atoms. The molecule has 0 aliphatic rings. The van der Waals surface area contributed by atoms with Crippen LogP contribution < -0.4 is 5.56 Å². The SMILES string of the molecule is COCCn1nc(C(C)C)cc(CO)c1=O. The largest absolute Gasteiger partial charge is 0.391 e. The van der Waals surface area contributed by atoms with Gasteiger partial charge in [-0.2, -0.15) is 5.10 Å². The summed E-state index contributed by atoms with van der Waals surface area (Å²) in [6.45, 7) is 4.57. The van der Waals surface area contributed by atoms with Gasteiger partial charge in [0.15, 0.2) is 0 Å². The van der Waals surface area contributed by atoms with Crippen molar-refractivity contribution < 1.29 is 9.84 Å². The Bertz CT molecular complexity index is 399. The van der Waals surface area contributed by atoms with E-state index in [1.54, 1.807) is 13.2 Å². The zero-order valence-electron chi connectivity index (χ0n) is 9.93. The summed E-state index contributed by atoms with van der Waals surface area (Å²) in [5.41, 5.74) is 0.943. The highest BCUT2D eigenvalue weighted by Gasteiger charge is 2.09. The molecule has 0 saturated carbocycles. The Morgan fingerprint density at radius 3 is 2.75 bits per heavy atom. The lowest BCUT2D eigenvalue weighted by molar-refractivity contribution is 0.180. The highest BCUT2D eigenvalue weighted by molar-refractivity contribution is 5.15. The number of ether oxygens (including phenoxy) is 1. The van der Waals surface area contributed by atoms with Gasteiger partial charge in [0.2, 0.25) is 0 Å². The van der Waals surface area contributed by atoms with E-state index in [2.05, 4.69) is 5.10 Å². The van der Waals surface area contributed by atoms with Crippen LogP contribution in [0.25, 0.3) is 0 Å². The third kappa shape index (κ3) is 2.90. The predicted molar refractivity (Wildman–Crippen MR) is 60.4 cm³/mol. The van der Waals surface area contributed by atoms with Crippen LogP contribution in [0.3, 0.4) is 0 Å². The number of hydrogen-bond acceptors (Lipinski definition) is 4. The molecule has 0 amide bonds. The smallest absolute Gasteiger partial charge is 0.272 e. The van der Waals surface area contributed by atoms with Crippen molar-refractivity contribution in [2.75, 3.05) is 13.7 Å². The molecule has 0 saturated heterocycles. The van der Waals surface area contributed by atoms with E-state index in [1.165, 1.54) is 4.68 Å². The average Bonchev–Trinajstić information content (AvgIpc) is 2.27. The first-order valence-electron chi connectivity index (χ1n) is 5.30. The van der Waals surface area contributed by atoms with E-state index in [0.717, 1.165) is 5.69 Å². The van der Waals surface area contributed by atoms with Crippen molar-refractivity contribution in [3.05, 3.63) is 27.7 Å². The molecule has 0 aromatic carbocycles. The molecule has 0 atom stereocenters. The molecule has 0 aliphatic carbocycles. The van der Waals surface area contributed by atoms with E-state index in [0.29, 0.717) is 18.7 Å². The molecule has 1 heterocycles. The predicted octanol–water partition coefficient (Wildman–Crippen LogP) is 0.505. The van der Waals surface area contributed by atoms with E-state index in [-0.39, 0.29) is 18.1 Å². The van der Waals surface area contributed by atoms with Crippen LogP contribution in [0.5, 0.6) is 0 Å². The number of nitrogens with zero attached hydrogens (tertiary/aromatic N) is 2. The van der Waals surface area contributed by atoms with Crippen molar-refractivity contribution in [1.29, 1.82) is 0 Å². The van der Waals surface area contributed by atoms with Gasteiger partial charge in [0.1, 0.15) is 0 Å². The molecule has 0 fully saturated rings. The number of rotatable bonds is 5. The fourth-order valence-corrected chi connectivity index (χ4v) is 1.34. The van der Waals surface area contributed by atoms with Crippen LogP contribution in [0.1, 0.15) is 31.0 Å². The van der Waals surface area contributed by atoms with Gasteiger partial charge in [-0.1, -0.05) is 13.8 Å². The van der Waals surface area contributed by atoms with Crippen molar-refractivity contribution in [2.24, 2.45) is 0 Å². The summed E-state index contributed by atoms with van der Waals surface area (Å²) in [6, 6.07) is 1.66. The van der Waals surface area contributed by atoms with Crippen molar-refractivity contribution in [2.45, 2.75) is 32.9 Å². The van der Waals surface area contributed by atoms with Gasteiger partial charge in [-0.05, 0) is 12.0 Å². The van der Waals surface area contributed by atoms with Gasteiger partial charge in [0.25, 0.3) is 5.56 Å². The Balaban J connectivity index is 3.14. The van der Waals surface area contributed by atoms with Gasteiger partial charge < -0.3 is 9.84 Å². The summed E-state index contributed by atoms with van der Waals surface area (Å²) in [6.07, 6.45) is 0. The van der Waals surface area contributed by atoms with E-state index in [9.17, 15) is 4.79 Å². The van der Waals surface area contributed by atoms with Gasteiger partial charge >= 0.3 is 0 Å². The zero-order valence-corrected chi connectivity index (χ0v) is 9.93. The standard InChI is InChI=1S/C11H18N2O3/c1-8(2)10-6-9(7-14)11(15)13(12-10)4-5-16-3/h6,8,14H,4-5,7H2,1-3H3. The molecule has 1 aromatic heterocycles. The third-order valence-electron chi connectivity index (χ3n) is 2.34. The highest BCUT2D eigenvalue weighted by atomic mass is 16.5. The fourth-order valence-electron chi connectivity index (χ4n) is 1.34. The maximum absolute atomic E-state index is 11.8. The summed E-state index contributed by atoms with van der Waals surface area (Å²) in [7, 11) is 1.57. The maximum atomic E-state index is 11.8. The zero-order chi connectivity index (χ0) is 12.1. The van der Waals surface area contributed by atoms with Crippen LogP contribution in [0, 0.1) is 0 Å². The van der Waals surface area contributed by atoms with Crippen LogP contribution in [0.4, 0.5) is 0 Å². The first-order chi connectivity index (χ1) is 7.60. The molecule has 1 N–H and O–H groups in total. The third-order valence-corrected chi connectivity index (χ3v) is 2.34. The lowest BCUT2D eigenvalue weighted by Crippen LogP contribution is -2.29. The van der Waals surface area contributed by atoms with Gasteiger partial charge in [-0.25, -0.2) is 4.68 Å². The molecular weight excluding hydrogens is 208 g/mol. The minimum atomic E-state index is -0.256. The van der Waals surface area contributed by atoms with Crippen LogP contribution >= 0.6 is 0 Å². The van der Waals surface area contributed by atoms with Gasteiger partial charge in [0.05, 0.1) is 25.5 Å². The summed E-state index contributed by atoms with van der Waals surface area (Å²) in [5.74, 6) is 0.222. The second-order valence-electron chi connectivity index (χ2n) is 3.93. The normalized spacial score (nSPS) is 11.1. The fraction of sp³-hybridized carbons (Fsp3) is 0.636. The summed E-state index contributed by atoms with van der Waals surface area (Å²) >= 11 is 0. The van der Waals surface area contributed by atoms with Crippen LogP contribution in [0.15, 0.2) is 10.9 Å². The Morgan fingerprint density at radius 2 is 2.25 bits per heavy atom. The first kappa shape index (κ1) is 12.9. The summed E-state index contributed by atoms with van der Waals surface area (Å²) in [5, 5.41) is 13.3. The first-order valence-corrected chi connectivity index (χ1v) is 5.30. The molecule has 0 spiro atoms. The Labute approximate surface area is 94.7 Å². The minimum absolute atomic E-state index is 0.222. The second kappa shape index (κ2) is 5.77. The molecule has 0 aliphatic heterocycles. The molecular formula is C11H18N2O3. The van der Waals surface area contributed by atoms with Crippen molar-refractivity contribution in [3.63, 3.8) is 0 Å². The molecule has 1 aromatic rings. The maximum Gasteiger partial charge on any atom is 0.272 e. The molecule has 5 heteroatoms. The number of methoxy groups -OCH3 is 1. The van der Waals surface area contributed by atoms with Crippen LogP contribution in [-0.4, -0.2) is 28.6 Å². The molecule has 90 valence electrons. The molecule has 0 unspecified atom stereocenters. The lowest BCUT2D eigenvalue weighted by atomic mass is 10.1. The van der Waals surface area contributed by atoms with E-state index < -0.39 is 0 Å². The highest BCUT2D eigenvalue weighted by Crippen LogP contribution is 2.10. The van der Waals surface area contributed by atoms with Crippen LogP contribution in [-0.2, 0) is 17.9 Å². The number of aromatic nitrogens is 2. The Kier molecular flexibility index (Phi) is 4.64. The number of hydrogen-bond donors (Lipinski definition) is 1. The summed E-state index contributed by atoms with van der Waals surface area (Å²) < 4.78 is 6.26. The Morgan fingerprint density at radius 1 is 1.56 bits per heavy atom. The molecule has 0 radical (unpaired) electrons. The number of aliphatic hydroxyl groups is 1. The molecule has 5 nitrogen and oxygen atoms in total. The van der Waals surface area contributed by atoms with E-state index >= 15 is 0 Å². The molecule has 0 bridgehead atoms. The average molecular weight is 226 g/mol. The lowest BCUT2D eigenvalue weighted by Gasteiger charge is -2.11. The van der Waals surface area contributed by atoms with Crippen LogP contribution in [0.2, 0.25) is 0 Å². The van der Waals surface area contributed by atoms with Crippen molar-refractivity contribution >= 4 is 0 Å². The van der Waals surface area contributed by atoms with E-state index in [4.69, 9.17) is 9.84 Å². The summed E-state index contributed by atoms with van der Waals surface area (Å²) in [4.78, 5) is 11.8. The monoisotopic (exact) mass is 226 g/mol. The van der Waals surface area contributed by atoms with Gasteiger partial charge in [-0.3, -0.25) is 4.79 Å². The quantitative estimate of drug-likeness (QED) is 0.794. The topological polar surface area (TPSA) is 64.3 Å². The second-order valence-corrected chi connectivity index (χ2v) is 3.93. The van der Waals surface area contributed by atoms with Gasteiger partial charge in [0, 0.05) is 12.7 Å². The van der Waals surface area contributed by atoms with Crippen molar-refractivity contribution in [1.82, 2.24) is 9.78 Å². The molecule has 1 rings (SSSR count). The van der Waals surface area contributed by atoms with Crippen molar-refractivity contribution in [3.8, 4) is 0 Å². The van der Waals surface area contributed by atoms with E-state index in [1.807, 2.05) is 13.8 Å². The number of aliphatic hydroxyl groups excluding tert-OH is 1. The minimum Gasteiger partial charge on any atom is -0.391 e.